The van der Waals surface area contributed by atoms with Crippen molar-refractivity contribution in [2.45, 2.75) is 17.5 Å². The van der Waals surface area contributed by atoms with Gasteiger partial charge in [-0.3, -0.25) is 23.4 Å². The molecule has 4 heterocycles. The lowest BCUT2D eigenvalue weighted by molar-refractivity contribution is -0.137. The lowest BCUT2D eigenvalue weighted by Gasteiger charge is -2.10. The molecule has 8 nitrogen and oxygen atoms in total. The fourth-order valence-corrected chi connectivity index (χ4v) is 4.48. The number of carboxylic acids is 1. The SMILES string of the molecule is O=C(O)Cn1c(SCc2cc(=O)n3cc(Cl)ccc3n2)nc2ccsc2c1=O. The summed E-state index contributed by atoms with van der Waals surface area (Å²) in [5, 5.41) is 11.6. The van der Waals surface area contributed by atoms with E-state index in [0.717, 1.165) is 16.3 Å². The van der Waals surface area contributed by atoms with Crippen LogP contribution in [-0.4, -0.2) is 30.0 Å². The average Bonchev–Trinajstić information content (AvgIpc) is 3.12. The monoisotopic (exact) mass is 434 g/mol. The molecule has 0 aliphatic carbocycles. The number of aliphatic carboxylic acids is 1. The number of nitrogens with zero attached hydrogens (tertiary/aromatic N) is 4. The van der Waals surface area contributed by atoms with Crippen molar-refractivity contribution in [2.75, 3.05) is 0 Å². The van der Waals surface area contributed by atoms with Crippen LogP contribution in [0.1, 0.15) is 5.69 Å². The first kappa shape index (κ1) is 18.7. The maximum absolute atomic E-state index is 12.6. The topological polar surface area (TPSA) is 107 Å². The van der Waals surface area contributed by atoms with Crippen molar-refractivity contribution in [1.82, 2.24) is 18.9 Å². The smallest absolute Gasteiger partial charge is 0.323 e. The van der Waals surface area contributed by atoms with Crippen molar-refractivity contribution in [1.29, 1.82) is 0 Å². The molecule has 0 saturated heterocycles. The minimum absolute atomic E-state index is 0.246. The fraction of sp³-hybridized carbons (Fsp3) is 0.118. The van der Waals surface area contributed by atoms with E-state index in [2.05, 4.69) is 9.97 Å². The van der Waals surface area contributed by atoms with Crippen LogP contribution in [0.25, 0.3) is 15.9 Å². The third-order valence-electron chi connectivity index (χ3n) is 3.85. The van der Waals surface area contributed by atoms with Crippen LogP contribution >= 0.6 is 34.7 Å². The number of hydrogen-bond donors (Lipinski definition) is 1. The van der Waals surface area contributed by atoms with Crippen molar-refractivity contribution < 1.29 is 9.90 Å². The Balaban J connectivity index is 1.71. The van der Waals surface area contributed by atoms with Crippen LogP contribution in [0.5, 0.6) is 0 Å². The van der Waals surface area contributed by atoms with Gasteiger partial charge in [0.2, 0.25) is 0 Å². The molecule has 0 atom stereocenters. The van der Waals surface area contributed by atoms with Crippen LogP contribution in [-0.2, 0) is 17.1 Å². The molecule has 0 aliphatic heterocycles. The van der Waals surface area contributed by atoms with Crippen molar-refractivity contribution in [3.63, 3.8) is 0 Å². The van der Waals surface area contributed by atoms with Gasteiger partial charge in [0.25, 0.3) is 11.1 Å². The van der Waals surface area contributed by atoms with Gasteiger partial charge < -0.3 is 5.11 Å². The Kier molecular flexibility index (Phi) is 4.92. The van der Waals surface area contributed by atoms with Gasteiger partial charge >= 0.3 is 5.97 Å². The predicted molar refractivity (Wildman–Crippen MR) is 108 cm³/mol. The number of halogens is 1. The molecule has 0 amide bonds. The predicted octanol–water partition coefficient (Wildman–Crippen LogP) is 2.50. The molecule has 4 aromatic rings. The first-order valence-corrected chi connectivity index (χ1v) is 10.2. The summed E-state index contributed by atoms with van der Waals surface area (Å²) in [4.78, 5) is 44.9. The zero-order valence-corrected chi connectivity index (χ0v) is 16.4. The van der Waals surface area contributed by atoms with Gasteiger partial charge in [-0.05, 0) is 23.6 Å². The minimum atomic E-state index is -1.14. The van der Waals surface area contributed by atoms with Crippen molar-refractivity contribution in [2.24, 2.45) is 0 Å². The standard InChI is InChI=1S/C17H11ClN4O4S2/c18-9-1-2-12-19-10(5-13(23)21(12)6-9)8-28-17-20-11-3-4-27-15(11)16(26)22(17)7-14(24)25/h1-6H,7-8H2,(H,24,25). The minimum Gasteiger partial charge on any atom is -0.480 e. The van der Waals surface area contributed by atoms with Gasteiger partial charge in [-0.1, -0.05) is 23.4 Å². The van der Waals surface area contributed by atoms with E-state index in [1.54, 1.807) is 23.6 Å². The number of carbonyl (C=O) groups is 1. The molecular weight excluding hydrogens is 424 g/mol. The largest absolute Gasteiger partial charge is 0.480 e. The van der Waals surface area contributed by atoms with Crippen LogP contribution in [0.15, 0.2) is 50.6 Å². The fourth-order valence-electron chi connectivity index (χ4n) is 2.65. The second kappa shape index (κ2) is 7.38. The van der Waals surface area contributed by atoms with Gasteiger partial charge in [-0.25, -0.2) is 9.97 Å². The number of fused-ring (bicyclic) bond motifs is 2. The summed E-state index contributed by atoms with van der Waals surface area (Å²) in [6.07, 6.45) is 1.49. The molecule has 0 unspecified atom stereocenters. The molecule has 0 spiro atoms. The first-order valence-electron chi connectivity index (χ1n) is 7.93. The van der Waals surface area contributed by atoms with Gasteiger partial charge in [-0.2, -0.15) is 0 Å². The highest BCUT2D eigenvalue weighted by atomic mass is 35.5. The number of thiophene rings is 1. The number of rotatable bonds is 5. The van der Waals surface area contributed by atoms with Gasteiger partial charge in [0.1, 0.15) is 16.9 Å². The summed E-state index contributed by atoms with van der Waals surface area (Å²) in [5.74, 6) is -0.892. The van der Waals surface area contributed by atoms with E-state index in [-0.39, 0.29) is 16.5 Å². The molecular formula is C17H11ClN4O4S2. The summed E-state index contributed by atoms with van der Waals surface area (Å²) in [6, 6.07) is 6.35. The maximum Gasteiger partial charge on any atom is 0.323 e. The van der Waals surface area contributed by atoms with Gasteiger partial charge in [0.15, 0.2) is 5.16 Å². The highest BCUT2D eigenvalue weighted by Gasteiger charge is 2.15. The third kappa shape index (κ3) is 3.53. The summed E-state index contributed by atoms with van der Waals surface area (Å²) in [5.41, 5.74) is 0.759. The summed E-state index contributed by atoms with van der Waals surface area (Å²) in [7, 11) is 0. The van der Waals surface area contributed by atoms with Crippen molar-refractivity contribution in [3.05, 3.63) is 67.3 Å². The van der Waals surface area contributed by atoms with Crippen LogP contribution < -0.4 is 11.1 Å². The summed E-state index contributed by atoms with van der Waals surface area (Å²) in [6.45, 7) is -0.492. The van der Waals surface area contributed by atoms with Crippen molar-refractivity contribution in [3.8, 4) is 0 Å². The average molecular weight is 435 g/mol. The van der Waals surface area contributed by atoms with Gasteiger partial charge in [0.05, 0.1) is 16.2 Å². The van der Waals surface area contributed by atoms with Crippen LogP contribution in [0, 0.1) is 0 Å². The molecule has 0 saturated carbocycles. The lowest BCUT2D eigenvalue weighted by Crippen LogP contribution is -2.26. The normalized spacial score (nSPS) is 11.3. The van der Waals surface area contributed by atoms with E-state index >= 15 is 0 Å². The molecule has 0 aromatic carbocycles. The number of thioether (sulfide) groups is 1. The summed E-state index contributed by atoms with van der Waals surface area (Å²) >= 11 is 8.27. The Labute approximate surface area is 170 Å². The Morgan fingerprint density at radius 3 is 2.86 bits per heavy atom. The molecule has 4 rings (SSSR count). The summed E-state index contributed by atoms with van der Waals surface area (Å²) < 4.78 is 2.87. The quantitative estimate of drug-likeness (QED) is 0.380. The van der Waals surface area contributed by atoms with Crippen LogP contribution in [0.3, 0.4) is 0 Å². The van der Waals surface area contributed by atoms with E-state index in [4.69, 9.17) is 16.7 Å². The zero-order chi connectivity index (χ0) is 19.8. The highest BCUT2D eigenvalue weighted by Crippen LogP contribution is 2.23. The van der Waals surface area contributed by atoms with Gasteiger partial charge in [-0.15, -0.1) is 11.3 Å². The van der Waals surface area contributed by atoms with E-state index < -0.39 is 18.1 Å². The van der Waals surface area contributed by atoms with Crippen LogP contribution in [0.2, 0.25) is 5.02 Å². The Hall–Kier alpha value is -2.69. The second-order valence-corrected chi connectivity index (χ2v) is 8.06. The third-order valence-corrected chi connectivity index (χ3v) is 5.98. The van der Waals surface area contributed by atoms with Crippen molar-refractivity contribution >= 4 is 56.5 Å². The van der Waals surface area contributed by atoms with Crippen LogP contribution in [0.4, 0.5) is 0 Å². The highest BCUT2D eigenvalue weighted by molar-refractivity contribution is 7.98. The molecule has 0 aliphatic rings. The molecule has 4 aromatic heterocycles. The Morgan fingerprint density at radius 1 is 1.25 bits per heavy atom. The molecule has 0 radical (unpaired) electrons. The maximum atomic E-state index is 12.6. The van der Waals surface area contributed by atoms with Gasteiger partial charge in [0, 0.05) is 18.0 Å². The van der Waals surface area contributed by atoms with E-state index in [0.29, 0.717) is 26.6 Å². The molecule has 0 bridgehead atoms. The van der Waals surface area contributed by atoms with E-state index in [1.165, 1.54) is 28.0 Å². The number of pyridine rings is 1. The molecule has 28 heavy (non-hydrogen) atoms. The Morgan fingerprint density at radius 2 is 2.07 bits per heavy atom. The number of aromatic nitrogens is 4. The zero-order valence-electron chi connectivity index (χ0n) is 14.0. The molecule has 142 valence electrons. The molecule has 1 N–H and O–H groups in total. The lowest BCUT2D eigenvalue weighted by atomic mass is 10.4. The molecule has 0 fully saturated rings. The second-order valence-electron chi connectivity index (χ2n) is 5.76. The Bertz CT molecular complexity index is 1340. The van der Waals surface area contributed by atoms with E-state index in [9.17, 15) is 14.4 Å². The first-order chi connectivity index (χ1) is 13.4. The van der Waals surface area contributed by atoms with E-state index in [1.807, 2.05) is 0 Å². The number of carboxylic acid groups (broad SMARTS) is 1. The number of hydrogen-bond acceptors (Lipinski definition) is 7. The molecule has 11 heteroatoms.